The number of amides is 1. The van der Waals surface area contributed by atoms with Crippen LogP contribution in [0, 0.1) is 17.5 Å². The third-order valence-corrected chi connectivity index (χ3v) is 5.32. The van der Waals surface area contributed by atoms with Crippen molar-refractivity contribution in [2.45, 2.75) is 44.8 Å². The minimum atomic E-state index is -3.03. The summed E-state index contributed by atoms with van der Waals surface area (Å²) in [6, 6.07) is 2.33. The Bertz CT molecular complexity index is 1260. The van der Waals surface area contributed by atoms with Gasteiger partial charge in [-0.25, -0.2) is 31.9 Å². The highest BCUT2D eigenvalue weighted by atomic mass is 19.3. The largest absolute Gasteiger partial charge is 0.461 e. The van der Waals surface area contributed by atoms with Crippen LogP contribution in [0.4, 0.5) is 27.6 Å². The number of rotatable bonds is 6. The minimum absolute atomic E-state index is 0.00582. The molecule has 36 heavy (non-hydrogen) atoms. The summed E-state index contributed by atoms with van der Waals surface area (Å²) in [6.07, 6.45) is 1.83. The highest BCUT2D eigenvalue weighted by Crippen LogP contribution is 2.41. The highest BCUT2D eigenvalue weighted by Gasteiger charge is 2.38. The van der Waals surface area contributed by atoms with Gasteiger partial charge in [-0.3, -0.25) is 9.78 Å². The van der Waals surface area contributed by atoms with E-state index in [4.69, 9.17) is 9.47 Å². The fourth-order valence-corrected chi connectivity index (χ4v) is 3.63. The number of nitrogens with zero attached hydrogens (tertiary/aromatic N) is 3. The number of benzene rings is 1. The lowest BCUT2D eigenvalue weighted by Gasteiger charge is -2.30. The first kappa shape index (κ1) is 25.4. The Morgan fingerprint density at radius 1 is 1.08 bits per heavy atom. The maximum absolute atomic E-state index is 14.7. The number of hydrogen-bond acceptors (Lipinski definition) is 6. The number of carbonyl (C=O) groups is 1. The molecule has 1 amide bonds. The smallest absolute Gasteiger partial charge is 0.316 e. The lowest BCUT2D eigenvalue weighted by atomic mass is 9.97. The number of pyridine rings is 1. The average Bonchev–Trinajstić information content (AvgIpc) is 2.82. The number of ether oxygens (including phenoxy) is 2. The maximum Gasteiger partial charge on any atom is 0.316 e. The number of halogens is 5. The van der Waals surface area contributed by atoms with Crippen molar-refractivity contribution in [1.82, 2.24) is 15.0 Å². The molecule has 1 saturated heterocycles. The molecule has 0 aliphatic carbocycles. The van der Waals surface area contributed by atoms with Crippen molar-refractivity contribution in [1.29, 1.82) is 0 Å². The van der Waals surface area contributed by atoms with Crippen LogP contribution >= 0.6 is 0 Å². The van der Waals surface area contributed by atoms with Crippen LogP contribution in [-0.4, -0.2) is 39.5 Å². The zero-order valence-electron chi connectivity index (χ0n) is 19.2. The van der Waals surface area contributed by atoms with E-state index in [2.05, 4.69) is 20.3 Å². The maximum atomic E-state index is 14.7. The van der Waals surface area contributed by atoms with Crippen molar-refractivity contribution in [3.8, 4) is 17.1 Å². The molecule has 1 unspecified atom stereocenters. The van der Waals surface area contributed by atoms with Gasteiger partial charge in [-0.05, 0) is 32.4 Å². The molecule has 7 nitrogen and oxygen atoms in total. The van der Waals surface area contributed by atoms with Crippen LogP contribution in [-0.2, 0) is 4.74 Å². The van der Waals surface area contributed by atoms with E-state index in [1.165, 1.54) is 24.7 Å². The first-order chi connectivity index (χ1) is 17.0. The van der Waals surface area contributed by atoms with Crippen LogP contribution in [0.1, 0.15) is 48.8 Å². The van der Waals surface area contributed by atoms with E-state index >= 15 is 0 Å². The van der Waals surface area contributed by atoms with Gasteiger partial charge in [-0.2, -0.15) is 0 Å². The van der Waals surface area contributed by atoms with Crippen LogP contribution < -0.4 is 10.1 Å². The Hall–Kier alpha value is -3.67. The summed E-state index contributed by atoms with van der Waals surface area (Å²) < 4.78 is 80.2. The Kier molecular flexibility index (Phi) is 7.16. The van der Waals surface area contributed by atoms with Crippen LogP contribution in [0.3, 0.4) is 0 Å². The second-order valence-corrected chi connectivity index (χ2v) is 8.43. The Morgan fingerprint density at radius 2 is 1.78 bits per heavy atom. The van der Waals surface area contributed by atoms with Gasteiger partial charge in [0.2, 0.25) is 0 Å². The number of nitrogens with one attached hydrogen (secondary N) is 1. The molecule has 190 valence electrons. The van der Waals surface area contributed by atoms with Crippen LogP contribution in [0.5, 0.6) is 6.01 Å². The van der Waals surface area contributed by atoms with Gasteiger partial charge in [0.25, 0.3) is 11.8 Å². The van der Waals surface area contributed by atoms with Gasteiger partial charge in [0.05, 0.1) is 23.0 Å². The number of carbonyl (C=O) groups excluding carboxylic acids is 1. The lowest BCUT2D eigenvalue weighted by molar-refractivity contribution is -0.146. The second-order valence-electron chi connectivity index (χ2n) is 8.43. The molecular weight excluding hydrogens is 487 g/mol. The van der Waals surface area contributed by atoms with Crippen LogP contribution in [0.15, 0.2) is 36.8 Å². The molecule has 4 rings (SSSR count). The molecule has 1 aromatic carbocycles. The Balaban J connectivity index is 1.74. The predicted molar refractivity (Wildman–Crippen MR) is 118 cm³/mol. The van der Waals surface area contributed by atoms with E-state index in [1.807, 2.05) is 0 Å². The normalized spacial score (nSPS) is 17.2. The third kappa shape index (κ3) is 5.59. The molecule has 0 bridgehead atoms. The summed E-state index contributed by atoms with van der Waals surface area (Å²) in [4.78, 5) is 25.1. The van der Waals surface area contributed by atoms with Gasteiger partial charge in [0.1, 0.15) is 18.5 Å². The monoisotopic (exact) mass is 508 g/mol. The molecule has 1 N–H and O–H groups in total. The fourth-order valence-electron chi connectivity index (χ4n) is 3.63. The van der Waals surface area contributed by atoms with E-state index in [-0.39, 0.29) is 46.6 Å². The van der Waals surface area contributed by atoms with E-state index in [0.717, 1.165) is 0 Å². The molecule has 0 saturated carbocycles. The summed E-state index contributed by atoms with van der Waals surface area (Å²) in [7, 11) is 0. The van der Waals surface area contributed by atoms with Crippen molar-refractivity contribution < 1.29 is 36.2 Å². The van der Waals surface area contributed by atoms with Crippen molar-refractivity contribution in [3.05, 3.63) is 65.5 Å². The van der Waals surface area contributed by atoms with Crippen LogP contribution in [0.25, 0.3) is 11.1 Å². The number of anilines is 1. The number of aromatic nitrogens is 3. The molecule has 1 atom stereocenters. The SMILES string of the molecule is CC(C)Oc1ncc(C(=O)Nc2c(-c3cc(F)c(F)cc3F)ccnc2C2CCC(F)(F)CO2)cn1. The van der Waals surface area contributed by atoms with Crippen molar-refractivity contribution in [2.24, 2.45) is 0 Å². The molecule has 1 fully saturated rings. The summed E-state index contributed by atoms with van der Waals surface area (Å²) in [5.41, 5.74) is -0.503. The van der Waals surface area contributed by atoms with E-state index in [0.29, 0.717) is 12.1 Å². The fraction of sp³-hybridized carbons (Fsp3) is 0.333. The van der Waals surface area contributed by atoms with Gasteiger partial charge in [0.15, 0.2) is 11.6 Å². The van der Waals surface area contributed by atoms with E-state index in [9.17, 15) is 26.7 Å². The van der Waals surface area contributed by atoms with Crippen molar-refractivity contribution in [3.63, 3.8) is 0 Å². The molecule has 0 radical (unpaired) electrons. The summed E-state index contributed by atoms with van der Waals surface area (Å²) >= 11 is 0. The Morgan fingerprint density at radius 3 is 2.42 bits per heavy atom. The van der Waals surface area contributed by atoms with Gasteiger partial charge in [0, 0.05) is 42.2 Å². The van der Waals surface area contributed by atoms with Crippen LogP contribution in [0.2, 0.25) is 0 Å². The zero-order valence-corrected chi connectivity index (χ0v) is 19.2. The van der Waals surface area contributed by atoms with Crippen molar-refractivity contribution in [2.75, 3.05) is 11.9 Å². The predicted octanol–water partition coefficient (Wildman–Crippen LogP) is 5.48. The molecule has 1 aliphatic rings. The summed E-state index contributed by atoms with van der Waals surface area (Å²) in [5, 5.41) is 2.56. The molecule has 2 aromatic heterocycles. The third-order valence-electron chi connectivity index (χ3n) is 5.32. The molecule has 12 heteroatoms. The topological polar surface area (TPSA) is 86.2 Å². The van der Waals surface area contributed by atoms with Gasteiger partial charge in [-0.15, -0.1) is 0 Å². The van der Waals surface area contributed by atoms with Gasteiger partial charge in [-0.1, -0.05) is 0 Å². The van der Waals surface area contributed by atoms with Gasteiger partial charge < -0.3 is 14.8 Å². The molecule has 1 aliphatic heterocycles. The van der Waals surface area contributed by atoms with Gasteiger partial charge >= 0.3 is 6.01 Å². The van der Waals surface area contributed by atoms with Crippen molar-refractivity contribution >= 4 is 11.6 Å². The number of alkyl halides is 2. The quantitative estimate of drug-likeness (QED) is 0.351. The highest BCUT2D eigenvalue weighted by molar-refractivity contribution is 6.06. The Labute approximate surface area is 202 Å². The second kappa shape index (κ2) is 10.1. The molecule has 3 aromatic rings. The standard InChI is InChI=1S/C24H21F5N4O3/c1-12(2)36-23-31-9-13(10-32-23)22(34)33-20-14(15-7-17(26)18(27)8-16(15)25)4-6-30-21(20)19-3-5-24(28,29)11-35-19/h4,6-10,12,19H,3,5,11H2,1-2H3,(H,33,34). The lowest BCUT2D eigenvalue weighted by Crippen LogP contribution is -2.31. The zero-order chi connectivity index (χ0) is 26.0. The summed E-state index contributed by atoms with van der Waals surface area (Å²) in [5.74, 6) is -7.58. The van der Waals surface area contributed by atoms with E-state index < -0.39 is 48.4 Å². The average molecular weight is 508 g/mol. The molecular formula is C24H21F5N4O3. The summed E-state index contributed by atoms with van der Waals surface area (Å²) in [6.45, 7) is 2.67. The minimum Gasteiger partial charge on any atom is -0.461 e. The first-order valence-corrected chi connectivity index (χ1v) is 11.0. The molecule has 0 spiro atoms. The number of hydrogen-bond donors (Lipinski definition) is 1. The first-order valence-electron chi connectivity index (χ1n) is 11.0. The van der Waals surface area contributed by atoms with E-state index in [1.54, 1.807) is 13.8 Å². The molecule has 3 heterocycles.